The van der Waals surface area contributed by atoms with E-state index in [1.807, 2.05) is 0 Å². The summed E-state index contributed by atoms with van der Waals surface area (Å²) >= 11 is 0. The fourth-order valence-electron chi connectivity index (χ4n) is 1.24. The van der Waals surface area contributed by atoms with Crippen LogP contribution in [0.5, 0.6) is 0 Å². The maximum absolute atomic E-state index is 11.6. The zero-order valence-corrected chi connectivity index (χ0v) is 10.3. The van der Waals surface area contributed by atoms with Crippen molar-refractivity contribution in [3.8, 4) is 0 Å². The van der Waals surface area contributed by atoms with Crippen molar-refractivity contribution in [2.45, 2.75) is 18.7 Å². The third kappa shape index (κ3) is 4.58. The van der Waals surface area contributed by atoms with Crippen LogP contribution in [0, 0.1) is 0 Å². The van der Waals surface area contributed by atoms with Crippen LogP contribution in [0.4, 0.5) is 0 Å². The van der Waals surface area contributed by atoms with Gasteiger partial charge in [-0.2, -0.15) is 0 Å². The highest BCUT2D eigenvalue weighted by molar-refractivity contribution is 7.90. The minimum Gasteiger partial charge on any atom is -0.469 e. The van der Waals surface area contributed by atoms with Gasteiger partial charge < -0.3 is 14.9 Å². The van der Waals surface area contributed by atoms with E-state index in [-0.39, 0.29) is 24.5 Å². The van der Waals surface area contributed by atoms with E-state index in [4.69, 9.17) is 10.2 Å². The Hall–Kier alpha value is -1.34. The van der Waals surface area contributed by atoms with E-state index in [1.54, 1.807) is 12.1 Å². The number of methoxy groups -OCH3 is 1. The molecule has 6 nitrogen and oxygen atoms in total. The van der Waals surface area contributed by atoms with Crippen LogP contribution in [-0.2, 0) is 31.7 Å². The third-order valence-electron chi connectivity index (χ3n) is 2.13. The molecule has 1 heterocycles. The van der Waals surface area contributed by atoms with Crippen LogP contribution in [0.25, 0.3) is 0 Å². The molecule has 1 rings (SSSR count). The summed E-state index contributed by atoms with van der Waals surface area (Å²) in [5, 5.41) is 0. The maximum Gasteiger partial charge on any atom is 0.306 e. The molecule has 96 valence electrons. The van der Waals surface area contributed by atoms with Crippen LogP contribution in [0.3, 0.4) is 0 Å². The molecule has 1 aromatic rings. The van der Waals surface area contributed by atoms with Crippen LogP contribution in [0.15, 0.2) is 16.5 Å². The van der Waals surface area contributed by atoms with E-state index in [0.717, 1.165) is 0 Å². The minimum atomic E-state index is -3.37. The first-order valence-electron chi connectivity index (χ1n) is 5.02. The summed E-state index contributed by atoms with van der Waals surface area (Å²) in [6, 6.07) is 3.20. The van der Waals surface area contributed by atoms with Crippen LogP contribution in [-0.4, -0.2) is 27.2 Å². The van der Waals surface area contributed by atoms with Crippen molar-refractivity contribution in [2.24, 2.45) is 5.73 Å². The van der Waals surface area contributed by atoms with Gasteiger partial charge in [0, 0.05) is 0 Å². The molecule has 0 aliphatic rings. The van der Waals surface area contributed by atoms with Crippen molar-refractivity contribution in [2.75, 3.05) is 12.9 Å². The number of carbonyl (C=O) groups is 1. The summed E-state index contributed by atoms with van der Waals surface area (Å²) in [7, 11) is -2.15. The molecular formula is C10H15NO5S. The van der Waals surface area contributed by atoms with Gasteiger partial charge in [0.1, 0.15) is 17.3 Å². The Balaban J connectivity index is 2.57. The molecule has 0 spiro atoms. The van der Waals surface area contributed by atoms with Gasteiger partial charge in [-0.1, -0.05) is 0 Å². The molecule has 0 aromatic carbocycles. The lowest BCUT2D eigenvalue weighted by Crippen LogP contribution is -2.13. The van der Waals surface area contributed by atoms with Crippen molar-refractivity contribution in [3.63, 3.8) is 0 Å². The first-order chi connectivity index (χ1) is 7.96. The van der Waals surface area contributed by atoms with Crippen molar-refractivity contribution in [3.05, 3.63) is 23.7 Å². The molecule has 1 aromatic heterocycles. The Labute approximate surface area is 99.7 Å². The molecule has 0 amide bonds. The fraction of sp³-hybridized carbons (Fsp3) is 0.500. The van der Waals surface area contributed by atoms with Gasteiger partial charge in [-0.25, -0.2) is 8.42 Å². The second-order valence-corrected chi connectivity index (χ2v) is 5.67. The second kappa shape index (κ2) is 5.83. The van der Waals surface area contributed by atoms with E-state index in [9.17, 15) is 13.2 Å². The van der Waals surface area contributed by atoms with Gasteiger partial charge in [-0.3, -0.25) is 4.79 Å². The monoisotopic (exact) mass is 261 g/mol. The largest absolute Gasteiger partial charge is 0.469 e. The standard InChI is InChI=1S/C10H15NO5S/c1-15-10(12)4-5-17(13,14)7-9-3-2-8(6-11)16-9/h2-3H,4-7,11H2,1H3. The molecule has 0 unspecified atom stereocenters. The van der Waals surface area contributed by atoms with E-state index >= 15 is 0 Å². The summed E-state index contributed by atoms with van der Waals surface area (Å²) in [5.41, 5.74) is 5.34. The molecule has 0 aliphatic carbocycles. The zero-order chi connectivity index (χ0) is 12.9. The SMILES string of the molecule is COC(=O)CCS(=O)(=O)Cc1ccc(CN)o1. The molecule has 7 heteroatoms. The van der Waals surface area contributed by atoms with Gasteiger partial charge in [0.05, 0.1) is 25.8 Å². The zero-order valence-electron chi connectivity index (χ0n) is 9.51. The number of furan rings is 1. The molecule has 0 aliphatic heterocycles. The van der Waals surface area contributed by atoms with Gasteiger partial charge >= 0.3 is 5.97 Å². The first-order valence-corrected chi connectivity index (χ1v) is 6.84. The number of ether oxygens (including phenoxy) is 1. The summed E-state index contributed by atoms with van der Waals surface area (Å²) in [4.78, 5) is 10.8. The van der Waals surface area contributed by atoms with Gasteiger partial charge in [-0.15, -0.1) is 0 Å². The minimum absolute atomic E-state index is 0.150. The predicted octanol–water partition coefficient (Wildman–Crippen LogP) is 0.216. The topological polar surface area (TPSA) is 99.6 Å². The molecule has 0 bridgehead atoms. The Bertz CT molecular complexity index is 477. The third-order valence-corrected chi connectivity index (χ3v) is 3.68. The first kappa shape index (κ1) is 13.7. The van der Waals surface area contributed by atoms with E-state index < -0.39 is 15.8 Å². The summed E-state index contributed by atoms with van der Waals surface area (Å²) < 4.78 is 32.8. The highest BCUT2D eigenvalue weighted by Gasteiger charge is 2.16. The lowest BCUT2D eigenvalue weighted by Gasteiger charge is -2.01. The lowest BCUT2D eigenvalue weighted by molar-refractivity contribution is -0.140. The van der Waals surface area contributed by atoms with Crippen LogP contribution in [0.2, 0.25) is 0 Å². The van der Waals surface area contributed by atoms with E-state index in [1.165, 1.54) is 7.11 Å². The van der Waals surface area contributed by atoms with Crippen molar-refractivity contribution in [1.82, 2.24) is 0 Å². The number of hydrogen-bond donors (Lipinski definition) is 1. The second-order valence-electron chi connectivity index (χ2n) is 3.49. The highest BCUT2D eigenvalue weighted by atomic mass is 32.2. The van der Waals surface area contributed by atoms with Gasteiger partial charge in [0.2, 0.25) is 0 Å². The Morgan fingerprint density at radius 3 is 2.59 bits per heavy atom. The quantitative estimate of drug-likeness (QED) is 0.735. The summed E-state index contributed by atoms with van der Waals surface area (Å²) in [5.74, 6) is -0.170. The number of rotatable bonds is 6. The van der Waals surface area contributed by atoms with Crippen LogP contribution >= 0.6 is 0 Å². The average Bonchev–Trinajstić information content (AvgIpc) is 2.73. The predicted molar refractivity (Wildman–Crippen MR) is 60.7 cm³/mol. The molecule has 17 heavy (non-hydrogen) atoms. The van der Waals surface area contributed by atoms with Crippen molar-refractivity contribution < 1.29 is 22.4 Å². The highest BCUT2D eigenvalue weighted by Crippen LogP contribution is 2.12. The summed E-state index contributed by atoms with van der Waals surface area (Å²) in [6.45, 7) is 0.224. The van der Waals surface area contributed by atoms with Crippen molar-refractivity contribution in [1.29, 1.82) is 0 Å². The molecule has 2 N–H and O–H groups in total. The van der Waals surface area contributed by atoms with Gasteiger partial charge in [0.15, 0.2) is 9.84 Å². The lowest BCUT2D eigenvalue weighted by atomic mass is 10.4. The smallest absolute Gasteiger partial charge is 0.306 e. The Morgan fingerprint density at radius 1 is 1.41 bits per heavy atom. The summed E-state index contributed by atoms with van der Waals surface area (Å²) in [6.07, 6.45) is -0.150. The number of nitrogens with two attached hydrogens (primary N) is 1. The molecule has 0 atom stereocenters. The molecule has 0 saturated heterocycles. The fourth-order valence-corrected chi connectivity index (χ4v) is 2.45. The Morgan fingerprint density at radius 2 is 2.06 bits per heavy atom. The number of sulfone groups is 1. The average molecular weight is 261 g/mol. The molecule has 0 saturated carbocycles. The maximum atomic E-state index is 11.6. The molecule has 0 fully saturated rings. The molecule has 0 radical (unpaired) electrons. The molecular weight excluding hydrogens is 246 g/mol. The van der Waals surface area contributed by atoms with Gasteiger partial charge in [-0.05, 0) is 12.1 Å². The van der Waals surface area contributed by atoms with Crippen molar-refractivity contribution >= 4 is 15.8 Å². The Kier molecular flexibility index (Phi) is 4.71. The van der Waals surface area contributed by atoms with Crippen LogP contribution < -0.4 is 5.73 Å². The number of esters is 1. The van der Waals surface area contributed by atoms with E-state index in [2.05, 4.69) is 4.74 Å². The normalized spacial score (nSPS) is 11.4. The number of hydrogen-bond acceptors (Lipinski definition) is 6. The number of carbonyl (C=O) groups excluding carboxylic acids is 1. The van der Waals surface area contributed by atoms with Crippen LogP contribution in [0.1, 0.15) is 17.9 Å². The van der Waals surface area contributed by atoms with Gasteiger partial charge in [0.25, 0.3) is 0 Å². The van der Waals surface area contributed by atoms with E-state index in [0.29, 0.717) is 11.5 Å².